The minimum Gasteiger partial charge on any atom is -0.497 e. The van der Waals surface area contributed by atoms with Crippen LogP contribution in [0.2, 0.25) is 0 Å². The van der Waals surface area contributed by atoms with E-state index in [2.05, 4.69) is 27.3 Å². The molecule has 0 unspecified atom stereocenters. The highest BCUT2D eigenvalue weighted by Crippen LogP contribution is 2.35. The number of nitrogens with one attached hydrogen (secondary N) is 1. The molecule has 0 fully saturated rings. The fraction of sp³-hybridized carbons (Fsp3) is 0.154. The molecule has 33 heavy (non-hydrogen) atoms. The maximum Gasteiger partial charge on any atom is 0.266 e. The fourth-order valence-electron chi connectivity index (χ4n) is 3.07. The Labute approximate surface area is 201 Å². The van der Waals surface area contributed by atoms with Crippen molar-refractivity contribution >= 4 is 33.6 Å². The number of halogens is 1. The van der Waals surface area contributed by atoms with E-state index < -0.39 is 5.91 Å². The van der Waals surface area contributed by atoms with Crippen LogP contribution >= 0.6 is 15.9 Å². The molecule has 0 aliphatic rings. The van der Waals surface area contributed by atoms with Gasteiger partial charge in [0.15, 0.2) is 11.5 Å². The number of nitriles is 1. The van der Waals surface area contributed by atoms with E-state index in [1.54, 1.807) is 43.5 Å². The summed E-state index contributed by atoms with van der Waals surface area (Å²) >= 11 is 3.50. The Morgan fingerprint density at radius 3 is 2.45 bits per heavy atom. The van der Waals surface area contributed by atoms with Crippen LogP contribution in [0, 0.1) is 18.3 Å². The molecule has 168 valence electrons. The first-order valence-corrected chi connectivity index (χ1v) is 10.9. The minimum atomic E-state index is -0.520. The first-order chi connectivity index (χ1) is 15.9. The number of benzene rings is 3. The third-order valence-electron chi connectivity index (χ3n) is 4.77. The van der Waals surface area contributed by atoms with Crippen molar-refractivity contribution in [1.29, 1.82) is 5.26 Å². The molecule has 3 aromatic carbocycles. The number of carbonyl (C=O) groups is 1. The van der Waals surface area contributed by atoms with E-state index in [4.69, 9.17) is 14.2 Å². The number of rotatable bonds is 8. The maximum absolute atomic E-state index is 12.6. The Balaban J connectivity index is 1.80. The van der Waals surface area contributed by atoms with Crippen molar-refractivity contribution in [2.45, 2.75) is 13.5 Å². The molecular formula is C26H23BrN2O4. The van der Waals surface area contributed by atoms with E-state index >= 15 is 0 Å². The van der Waals surface area contributed by atoms with Gasteiger partial charge in [-0.3, -0.25) is 4.79 Å². The SMILES string of the molecule is COc1ccc(NC(=O)/C(C#N)=C\c2cc(OC)c(OCc3cccc(C)c3)cc2Br)cc1. The maximum atomic E-state index is 12.6. The molecule has 0 aliphatic heterocycles. The Bertz CT molecular complexity index is 1210. The third kappa shape index (κ3) is 6.37. The van der Waals surface area contributed by atoms with Crippen LogP contribution in [0.3, 0.4) is 0 Å². The number of nitrogens with zero attached hydrogens (tertiary/aromatic N) is 1. The Morgan fingerprint density at radius 2 is 1.82 bits per heavy atom. The molecule has 1 N–H and O–H groups in total. The van der Waals surface area contributed by atoms with Gasteiger partial charge in [-0.15, -0.1) is 0 Å². The normalized spacial score (nSPS) is 10.8. The van der Waals surface area contributed by atoms with Crippen LogP contribution in [0.25, 0.3) is 6.08 Å². The van der Waals surface area contributed by atoms with Gasteiger partial charge >= 0.3 is 0 Å². The second kappa shape index (κ2) is 11.2. The number of anilines is 1. The first kappa shape index (κ1) is 23.9. The second-order valence-corrected chi connectivity index (χ2v) is 8.01. The molecule has 3 aromatic rings. The lowest BCUT2D eigenvalue weighted by Crippen LogP contribution is -2.13. The summed E-state index contributed by atoms with van der Waals surface area (Å²) in [5.74, 6) is 1.19. The molecule has 0 radical (unpaired) electrons. The van der Waals surface area contributed by atoms with Gasteiger partial charge in [0.1, 0.15) is 24.0 Å². The van der Waals surface area contributed by atoms with Crippen LogP contribution in [0.15, 0.2) is 70.7 Å². The standard InChI is InChI=1S/C26H23BrN2O4/c1-17-5-4-6-18(11-17)16-33-25-14-23(27)19(13-24(25)32-3)12-20(15-28)26(30)29-21-7-9-22(31-2)10-8-21/h4-14H,16H2,1-3H3,(H,29,30)/b20-12-. The molecule has 0 saturated carbocycles. The third-order valence-corrected chi connectivity index (χ3v) is 5.46. The van der Waals surface area contributed by atoms with E-state index in [1.807, 2.05) is 31.2 Å². The lowest BCUT2D eigenvalue weighted by Gasteiger charge is -2.13. The average molecular weight is 507 g/mol. The fourth-order valence-corrected chi connectivity index (χ4v) is 3.51. The van der Waals surface area contributed by atoms with E-state index in [9.17, 15) is 10.1 Å². The zero-order chi connectivity index (χ0) is 23.8. The van der Waals surface area contributed by atoms with Crippen molar-refractivity contribution in [3.63, 3.8) is 0 Å². The van der Waals surface area contributed by atoms with Crippen molar-refractivity contribution in [2.75, 3.05) is 19.5 Å². The smallest absolute Gasteiger partial charge is 0.266 e. The number of amides is 1. The summed E-state index contributed by atoms with van der Waals surface area (Å²) in [6.07, 6.45) is 1.50. The number of hydrogen-bond donors (Lipinski definition) is 1. The highest BCUT2D eigenvalue weighted by molar-refractivity contribution is 9.10. The highest BCUT2D eigenvalue weighted by Gasteiger charge is 2.14. The Hall–Kier alpha value is -3.76. The molecule has 0 aromatic heterocycles. The highest BCUT2D eigenvalue weighted by atomic mass is 79.9. The number of hydrogen-bond acceptors (Lipinski definition) is 5. The zero-order valence-corrected chi connectivity index (χ0v) is 20.1. The molecular weight excluding hydrogens is 484 g/mol. The molecule has 0 bridgehead atoms. The number of carbonyl (C=O) groups excluding carboxylic acids is 1. The van der Waals surface area contributed by atoms with Crippen molar-refractivity contribution in [2.24, 2.45) is 0 Å². The molecule has 0 spiro atoms. The summed E-state index contributed by atoms with van der Waals surface area (Å²) in [7, 11) is 3.10. The number of ether oxygens (including phenoxy) is 3. The van der Waals surface area contributed by atoms with Gasteiger partial charge in [-0.1, -0.05) is 45.8 Å². The van der Waals surface area contributed by atoms with E-state index in [0.29, 0.717) is 39.6 Å². The molecule has 3 rings (SSSR count). The van der Waals surface area contributed by atoms with Gasteiger partial charge in [0.25, 0.3) is 5.91 Å². The van der Waals surface area contributed by atoms with Crippen molar-refractivity contribution < 1.29 is 19.0 Å². The molecule has 0 atom stereocenters. The summed E-state index contributed by atoms with van der Waals surface area (Å²) in [4.78, 5) is 12.6. The lowest BCUT2D eigenvalue weighted by atomic mass is 10.1. The van der Waals surface area contributed by atoms with Gasteiger partial charge in [0, 0.05) is 10.2 Å². The number of methoxy groups -OCH3 is 2. The quantitative estimate of drug-likeness (QED) is 0.303. The molecule has 7 heteroatoms. The predicted molar refractivity (Wildman–Crippen MR) is 131 cm³/mol. The van der Waals surface area contributed by atoms with Crippen LogP contribution in [0.5, 0.6) is 17.2 Å². The molecule has 6 nitrogen and oxygen atoms in total. The van der Waals surface area contributed by atoms with Gasteiger partial charge in [-0.2, -0.15) is 5.26 Å². The first-order valence-electron chi connectivity index (χ1n) is 10.1. The van der Waals surface area contributed by atoms with E-state index in [-0.39, 0.29) is 5.57 Å². The summed E-state index contributed by atoms with van der Waals surface area (Å²) < 4.78 is 17.2. The van der Waals surface area contributed by atoms with Crippen molar-refractivity contribution in [3.05, 3.63) is 87.4 Å². The van der Waals surface area contributed by atoms with Crippen LogP contribution in [0.4, 0.5) is 5.69 Å². The summed E-state index contributed by atoms with van der Waals surface area (Å²) in [5.41, 5.74) is 3.30. The monoisotopic (exact) mass is 506 g/mol. The van der Waals surface area contributed by atoms with Gasteiger partial charge in [-0.05, 0) is 60.5 Å². The summed E-state index contributed by atoms with van der Waals surface area (Å²) in [6, 6.07) is 20.3. The van der Waals surface area contributed by atoms with Gasteiger partial charge < -0.3 is 19.5 Å². The van der Waals surface area contributed by atoms with Crippen LogP contribution in [0.1, 0.15) is 16.7 Å². The van der Waals surface area contributed by atoms with Crippen LogP contribution < -0.4 is 19.5 Å². The van der Waals surface area contributed by atoms with Crippen molar-refractivity contribution in [1.82, 2.24) is 0 Å². The lowest BCUT2D eigenvalue weighted by molar-refractivity contribution is -0.112. The molecule has 1 amide bonds. The Kier molecular flexibility index (Phi) is 8.11. The molecule has 0 heterocycles. The largest absolute Gasteiger partial charge is 0.497 e. The van der Waals surface area contributed by atoms with Crippen LogP contribution in [-0.4, -0.2) is 20.1 Å². The predicted octanol–water partition coefficient (Wildman–Crippen LogP) is 5.90. The molecule has 0 saturated heterocycles. The second-order valence-electron chi connectivity index (χ2n) is 7.15. The van der Waals surface area contributed by atoms with E-state index in [1.165, 1.54) is 13.2 Å². The van der Waals surface area contributed by atoms with Crippen LogP contribution in [-0.2, 0) is 11.4 Å². The van der Waals surface area contributed by atoms with Gasteiger partial charge in [-0.25, -0.2) is 0 Å². The van der Waals surface area contributed by atoms with Crippen molar-refractivity contribution in [3.8, 4) is 23.3 Å². The van der Waals surface area contributed by atoms with E-state index in [0.717, 1.165) is 11.1 Å². The summed E-state index contributed by atoms with van der Waals surface area (Å²) in [6.45, 7) is 2.41. The zero-order valence-electron chi connectivity index (χ0n) is 18.5. The summed E-state index contributed by atoms with van der Waals surface area (Å²) in [5, 5.41) is 12.3. The van der Waals surface area contributed by atoms with Gasteiger partial charge in [0.2, 0.25) is 0 Å². The number of aryl methyl sites for hydroxylation is 1. The minimum absolute atomic E-state index is 0.0537. The van der Waals surface area contributed by atoms with Gasteiger partial charge in [0.05, 0.1) is 14.2 Å². The topological polar surface area (TPSA) is 80.6 Å². The molecule has 0 aliphatic carbocycles. The average Bonchev–Trinajstić information content (AvgIpc) is 2.82. The Morgan fingerprint density at radius 1 is 1.06 bits per heavy atom.